The van der Waals surface area contributed by atoms with E-state index in [1.165, 1.54) is 7.11 Å². The van der Waals surface area contributed by atoms with E-state index in [1.807, 2.05) is 29.2 Å². The summed E-state index contributed by atoms with van der Waals surface area (Å²) >= 11 is 0. The van der Waals surface area contributed by atoms with Crippen molar-refractivity contribution >= 4 is 11.8 Å². The fraction of sp³-hybridized carbons (Fsp3) is 0.389. The summed E-state index contributed by atoms with van der Waals surface area (Å²) in [5.74, 6) is 0.749. The van der Waals surface area contributed by atoms with Crippen molar-refractivity contribution in [2.45, 2.75) is 18.4 Å². The first-order valence-electron chi connectivity index (χ1n) is 7.97. The highest BCUT2D eigenvalue weighted by Crippen LogP contribution is 2.40. The van der Waals surface area contributed by atoms with E-state index in [1.54, 1.807) is 26.3 Å². The maximum atomic E-state index is 12.1. The van der Waals surface area contributed by atoms with Crippen molar-refractivity contribution in [3.8, 4) is 5.75 Å². The van der Waals surface area contributed by atoms with Crippen molar-refractivity contribution in [3.05, 3.63) is 47.9 Å². The molecule has 1 aromatic heterocycles. The molecule has 1 aliphatic rings. The Morgan fingerprint density at radius 1 is 1.28 bits per heavy atom. The van der Waals surface area contributed by atoms with E-state index in [0.717, 1.165) is 11.3 Å². The van der Waals surface area contributed by atoms with Crippen molar-refractivity contribution in [3.63, 3.8) is 0 Å². The number of carbonyl (C=O) groups is 1. The number of anilines is 1. The third-order valence-corrected chi connectivity index (χ3v) is 4.72. The number of aliphatic carboxylic acids is 1. The first kappa shape index (κ1) is 17.2. The van der Waals surface area contributed by atoms with Crippen LogP contribution in [0.3, 0.4) is 0 Å². The van der Waals surface area contributed by atoms with Gasteiger partial charge >= 0.3 is 5.97 Å². The molecular weight excluding hydrogens is 322 g/mol. The molecule has 25 heavy (non-hydrogen) atoms. The number of benzene rings is 1. The Balaban J connectivity index is 1.99. The Hall–Kier alpha value is -2.67. The number of carboxylic acids is 1. The minimum absolute atomic E-state index is 0.214. The fourth-order valence-electron chi connectivity index (χ4n) is 3.34. The maximum Gasteiger partial charge on any atom is 0.338 e. The normalized spacial score (nSPS) is 22.8. The van der Waals surface area contributed by atoms with E-state index in [2.05, 4.69) is 9.97 Å². The zero-order valence-electron chi connectivity index (χ0n) is 14.5. The van der Waals surface area contributed by atoms with Gasteiger partial charge in [0.15, 0.2) is 5.60 Å². The maximum absolute atomic E-state index is 12.1. The Morgan fingerprint density at radius 2 is 2.00 bits per heavy atom. The standard InChI is InChI=1S/C18H21N3O4/c1-12-19-9-8-16(20-12)21-10-15(18(11-21,25-3)17(22)23)13-4-6-14(24-2)7-5-13/h4-9,15H,10-11H2,1-3H3,(H,22,23)/t15-,18-/m0/s1. The number of carboxylic acid groups (broad SMARTS) is 1. The van der Waals surface area contributed by atoms with Gasteiger partial charge in [-0.2, -0.15) is 0 Å². The van der Waals surface area contributed by atoms with Gasteiger partial charge < -0.3 is 19.5 Å². The van der Waals surface area contributed by atoms with Crippen LogP contribution in [-0.2, 0) is 9.53 Å². The molecule has 0 radical (unpaired) electrons. The molecule has 2 atom stereocenters. The average molecular weight is 343 g/mol. The predicted molar refractivity (Wildman–Crippen MR) is 92.1 cm³/mol. The van der Waals surface area contributed by atoms with Crippen LogP contribution in [0.5, 0.6) is 5.75 Å². The summed E-state index contributed by atoms with van der Waals surface area (Å²) in [5.41, 5.74) is -0.452. The second-order valence-electron chi connectivity index (χ2n) is 6.07. The van der Waals surface area contributed by atoms with Crippen molar-refractivity contribution in [2.75, 3.05) is 32.2 Å². The second kappa shape index (κ2) is 6.68. The van der Waals surface area contributed by atoms with Crippen molar-refractivity contribution < 1.29 is 19.4 Å². The highest BCUT2D eigenvalue weighted by molar-refractivity contribution is 5.81. The molecule has 1 fully saturated rings. The molecule has 132 valence electrons. The van der Waals surface area contributed by atoms with Crippen molar-refractivity contribution in [1.82, 2.24) is 9.97 Å². The van der Waals surface area contributed by atoms with Gasteiger partial charge in [0.25, 0.3) is 0 Å². The van der Waals surface area contributed by atoms with Gasteiger partial charge in [0.1, 0.15) is 17.4 Å². The Bertz CT molecular complexity index is 765. The third-order valence-electron chi connectivity index (χ3n) is 4.72. The molecule has 0 spiro atoms. The van der Waals surface area contributed by atoms with Crippen molar-refractivity contribution in [2.24, 2.45) is 0 Å². The van der Waals surface area contributed by atoms with Crippen LogP contribution in [0.2, 0.25) is 0 Å². The SMILES string of the molecule is COc1ccc([C@@H]2CN(c3ccnc(C)n3)C[C@@]2(OC)C(=O)O)cc1. The lowest BCUT2D eigenvalue weighted by Crippen LogP contribution is -2.47. The summed E-state index contributed by atoms with van der Waals surface area (Å²) in [6.45, 7) is 2.51. The van der Waals surface area contributed by atoms with Gasteiger partial charge in [-0.3, -0.25) is 0 Å². The summed E-state index contributed by atoms with van der Waals surface area (Å²) in [5, 5.41) is 9.91. The number of aryl methyl sites for hydroxylation is 1. The van der Waals surface area contributed by atoms with Crippen LogP contribution in [0.15, 0.2) is 36.5 Å². The summed E-state index contributed by atoms with van der Waals surface area (Å²) < 4.78 is 10.7. The van der Waals surface area contributed by atoms with E-state index in [4.69, 9.17) is 9.47 Å². The predicted octanol–water partition coefficient (Wildman–Crippen LogP) is 1.87. The molecule has 0 bridgehead atoms. The average Bonchev–Trinajstić information content (AvgIpc) is 3.03. The van der Waals surface area contributed by atoms with E-state index in [9.17, 15) is 9.90 Å². The summed E-state index contributed by atoms with van der Waals surface area (Å²) in [4.78, 5) is 22.5. The number of methoxy groups -OCH3 is 2. The second-order valence-corrected chi connectivity index (χ2v) is 6.07. The van der Waals surface area contributed by atoms with Gasteiger partial charge in [-0.1, -0.05) is 12.1 Å². The number of ether oxygens (including phenoxy) is 2. The zero-order valence-corrected chi connectivity index (χ0v) is 14.5. The lowest BCUT2D eigenvalue weighted by atomic mass is 9.84. The van der Waals surface area contributed by atoms with Gasteiger partial charge in [-0.25, -0.2) is 14.8 Å². The number of aromatic nitrogens is 2. The highest BCUT2D eigenvalue weighted by Gasteiger charge is 2.54. The van der Waals surface area contributed by atoms with Gasteiger partial charge in [-0.15, -0.1) is 0 Å². The number of nitrogens with zero attached hydrogens (tertiary/aromatic N) is 3. The van der Waals surface area contributed by atoms with Gasteiger partial charge in [0.2, 0.25) is 0 Å². The lowest BCUT2D eigenvalue weighted by molar-refractivity contribution is -0.161. The molecule has 0 amide bonds. The van der Waals surface area contributed by atoms with E-state index >= 15 is 0 Å². The molecule has 1 aromatic carbocycles. The number of hydrogen-bond acceptors (Lipinski definition) is 6. The lowest BCUT2D eigenvalue weighted by Gasteiger charge is -2.28. The van der Waals surface area contributed by atoms with Crippen LogP contribution in [0.25, 0.3) is 0 Å². The highest BCUT2D eigenvalue weighted by atomic mass is 16.5. The Labute approximate surface area is 146 Å². The Kier molecular flexibility index (Phi) is 4.59. The van der Waals surface area contributed by atoms with Crippen molar-refractivity contribution in [1.29, 1.82) is 0 Å². The van der Waals surface area contributed by atoms with Gasteiger partial charge in [0, 0.05) is 25.8 Å². The van der Waals surface area contributed by atoms with E-state index < -0.39 is 11.6 Å². The monoisotopic (exact) mass is 343 g/mol. The first-order chi connectivity index (χ1) is 12.0. The summed E-state index contributed by atoms with van der Waals surface area (Å²) in [6, 6.07) is 9.21. The molecule has 0 aliphatic carbocycles. The van der Waals surface area contributed by atoms with Crippen LogP contribution < -0.4 is 9.64 Å². The van der Waals surface area contributed by atoms with Crippen LogP contribution in [0, 0.1) is 6.92 Å². The summed E-state index contributed by atoms with van der Waals surface area (Å²) in [6.07, 6.45) is 1.67. The molecule has 1 N–H and O–H groups in total. The molecule has 2 heterocycles. The van der Waals surface area contributed by atoms with E-state index in [0.29, 0.717) is 18.2 Å². The molecule has 0 unspecified atom stereocenters. The first-order valence-corrected chi connectivity index (χ1v) is 7.97. The number of hydrogen-bond donors (Lipinski definition) is 1. The van der Waals surface area contributed by atoms with E-state index in [-0.39, 0.29) is 12.5 Å². The third kappa shape index (κ3) is 3.02. The smallest absolute Gasteiger partial charge is 0.338 e. The molecule has 3 rings (SSSR count). The molecule has 1 saturated heterocycles. The Morgan fingerprint density at radius 3 is 2.56 bits per heavy atom. The fourth-order valence-corrected chi connectivity index (χ4v) is 3.34. The van der Waals surface area contributed by atoms with Gasteiger partial charge in [-0.05, 0) is 30.7 Å². The molecule has 0 saturated carbocycles. The van der Waals surface area contributed by atoms with Crippen LogP contribution >= 0.6 is 0 Å². The molecular formula is C18H21N3O4. The van der Waals surface area contributed by atoms with Crippen LogP contribution in [-0.4, -0.2) is 54.0 Å². The molecule has 1 aliphatic heterocycles. The summed E-state index contributed by atoms with van der Waals surface area (Å²) in [7, 11) is 3.04. The van der Waals surface area contributed by atoms with Gasteiger partial charge in [0.05, 0.1) is 13.7 Å². The number of rotatable bonds is 5. The molecule has 2 aromatic rings. The largest absolute Gasteiger partial charge is 0.497 e. The molecule has 7 nitrogen and oxygen atoms in total. The van der Waals surface area contributed by atoms with Crippen LogP contribution in [0.4, 0.5) is 5.82 Å². The van der Waals surface area contributed by atoms with Crippen LogP contribution in [0.1, 0.15) is 17.3 Å². The minimum Gasteiger partial charge on any atom is -0.497 e. The topological polar surface area (TPSA) is 84.8 Å². The quantitative estimate of drug-likeness (QED) is 0.887. The zero-order chi connectivity index (χ0) is 18.0. The molecule has 7 heteroatoms. The minimum atomic E-state index is -1.34.